The molecule has 0 amide bonds. The molecule has 0 fully saturated rings. The number of nitrogens with one attached hydrogen (secondary N) is 2. The molecule has 0 saturated carbocycles. The SMILES string of the molecule is [2H]N=Nc1ccc(N(C)c2nc(C)nc(N(C)[B]NC)n2)cc1. The van der Waals surface area contributed by atoms with Crippen molar-refractivity contribution < 1.29 is 1.41 Å². The molecular weight excluding hydrogens is 279 g/mol. The third kappa shape index (κ3) is 3.56. The van der Waals surface area contributed by atoms with Gasteiger partial charge in [-0.25, -0.2) is 5.52 Å². The molecule has 2 rings (SSSR count). The van der Waals surface area contributed by atoms with E-state index in [1.54, 1.807) is 24.5 Å². The number of aromatic nitrogens is 3. The molecule has 1 aromatic carbocycles. The molecule has 0 spiro atoms. The maximum atomic E-state index is 6.74. The van der Waals surface area contributed by atoms with Crippen molar-refractivity contribution in [3.05, 3.63) is 30.1 Å². The van der Waals surface area contributed by atoms with E-state index in [-0.39, 0.29) is 0 Å². The van der Waals surface area contributed by atoms with Crippen LogP contribution in [0.15, 0.2) is 29.4 Å². The molecule has 1 radical (unpaired) electrons. The van der Waals surface area contributed by atoms with Crippen LogP contribution in [0.25, 0.3) is 0 Å². The molecule has 0 atom stereocenters. The van der Waals surface area contributed by atoms with Gasteiger partial charge in [-0.05, 0) is 45.3 Å². The van der Waals surface area contributed by atoms with E-state index in [4.69, 9.17) is 1.41 Å². The Bertz CT molecular complexity index is 678. The second kappa shape index (κ2) is 6.94. The highest BCUT2D eigenvalue weighted by Crippen LogP contribution is 2.24. The fraction of sp³-hybridized carbons (Fsp3) is 0.308. The molecule has 2 N–H and O–H groups in total. The Morgan fingerprint density at radius 3 is 2.50 bits per heavy atom. The maximum absolute atomic E-state index is 6.74. The van der Waals surface area contributed by atoms with Crippen LogP contribution < -0.4 is 14.9 Å². The van der Waals surface area contributed by atoms with Crippen LogP contribution in [-0.4, -0.2) is 43.6 Å². The van der Waals surface area contributed by atoms with E-state index in [2.05, 4.69) is 30.8 Å². The van der Waals surface area contributed by atoms with Gasteiger partial charge in [-0.3, -0.25) is 0 Å². The van der Waals surface area contributed by atoms with Crippen LogP contribution in [-0.2, 0) is 0 Å². The summed E-state index contributed by atoms with van der Waals surface area (Å²) in [4.78, 5) is 16.8. The predicted octanol–water partition coefficient (Wildman–Crippen LogP) is 1.80. The molecule has 0 saturated heterocycles. The first-order chi connectivity index (χ1) is 11.0. The van der Waals surface area contributed by atoms with Gasteiger partial charge in [0.15, 0.2) is 0 Å². The van der Waals surface area contributed by atoms with Crippen molar-refractivity contribution >= 4 is 30.8 Å². The highest BCUT2D eigenvalue weighted by atomic mass is 15.3. The van der Waals surface area contributed by atoms with Gasteiger partial charge in [0.1, 0.15) is 5.82 Å². The number of anilines is 3. The average Bonchev–Trinajstić information content (AvgIpc) is 2.55. The summed E-state index contributed by atoms with van der Waals surface area (Å²) in [5, 5.41) is 6.60. The number of aryl methyl sites for hydroxylation is 1. The van der Waals surface area contributed by atoms with E-state index in [9.17, 15) is 0 Å². The maximum Gasteiger partial charge on any atom is 0.351 e. The molecule has 8 nitrogen and oxygen atoms in total. The first-order valence-electron chi connectivity index (χ1n) is 7.15. The first kappa shape index (κ1) is 14.4. The summed E-state index contributed by atoms with van der Waals surface area (Å²) < 4.78 is 6.74. The van der Waals surface area contributed by atoms with Crippen LogP contribution >= 0.6 is 0 Å². The minimum atomic E-state index is 0.540. The molecule has 2 aromatic rings. The van der Waals surface area contributed by atoms with Gasteiger partial charge >= 0.3 is 7.55 Å². The third-order valence-corrected chi connectivity index (χ3v) is 3.01. The Kier molecular flexibility index (Phi) is 4.54. The smallest absolute Gasteiger partial charge is 0.351 e. The molecule has 0 bridgehead atoms. The fourth-order valence-electron chi connectivity index (χ4n) is 1.87. The number of nitrogens with zero attached hydrogens (tertiary/aromatic N) is 6. The lowest BCUT2D eigenvalue weighted by molar-refractivity contribution is 0.920. The fourth-order valence-corrected chi connectivity index (χ4v) is 1.87. The van der Waals surface area contributed by atoms with Crippen molar-refractivity contribution in [3.63, 3.8) is 0 Å². The lowest BCUT2D eigenvalue weighted by Gasteiger charge is -2.20. The summed E-state index contributed by atoms with van der Waals surface area (Å²) in [5.41, 5.74) is 4.52. The van der Waals surface area contributed by atoms with E-state index in [1.165, 1.54) is 0 Å². The standard InChI is InChI=1S/C13H18BN8/c1-9-17-12(19-13(18-9)22(4)14-16-2)21(3)11-7-5-10(20-15)6-8-11/h5-8,15-16H,1-4H3/i/hD. The van der Waals surface area contributed by atoms with E-state index < -0.39 is 0 Å². The first-order valence-corrected chi connectivity index (χ1v) is 6.70. The van der Waals surface area contributed by atoms with Crippen molar-refractivity contribution in [1.29, 1.82) is 5.52 Å². The molecule has 113 valence electrons. The van der Waals surface area contributed by atoms with Gasteiger partial charge in [0.2, 0.25) is 13.3 Å². The Morgan fingerprint density at radius 2 is 1.86 bits per heavy atom. The molecule has 0 aliphatic heterocycles. The van der Waals surface area contributed by atoms with Crippen LogP contribution in [0, 0.1) is 12.4 Å². The number of rotatable bonds is 6. The molecule has 22 heavy (non-hydrogen) atoms. The summed E-state index contributed by atoms with van der Waals surface area (Å²) in [7, 11) is 7.31. The summed E-state index contributed by atoms with van der Waals surface area (Å²) in [6.45, 7) is 1.83. The van der Waals surface area contributed by atoms with Crippen molar-refractivity contribution in [2.24, 2.45) is 5.11 Å². The zero-order valence-electron chi connectivity index (χ0n) is 14.0. The topological polar surface area (TPSA) is 93.4 Å². The Hall–Kier alpha value is -2.55. The van der Waals surface area contributed by atoms with Crippen molar-refractivity contribution in [1.82, 2.24) is 20.2 Å². The van der Waals surface area contributed by atoms with Crippen molar-refractivity contribution in [2.45, 2.75) is 6.92 Å². The number of hydrogen-bond acceptors (Lipinski definition) is 8. The van der Waals surface area contributed by atoms with Gasteiger partial charge in [-0.15, -0.1) is 0 Å². The van der Waals surface area contributed by atoms with E-state index in [0.29, 0.717) is 23.4 Å². The van der Waals surface area contributed by atoms with Crippen LogP contribution in [0.1, 0.15) is 5.82 Å². The summed E-state index contributed by atoms with van der Waals surface area (Å²) in [6, 6.07) is 7.29. The molecule has 9 heteroatoms. The summed E-state index contributed by atoms with van der Waals surface area (Å²) in [6.07, 6.45) is 0. The number of benzene rings is 1. The van der Waals surface area contributed by atoms with E-state index in [1.807, 2.05) is 45.1 Å². The van der Waals surface area contributed by atoms with Crippen molar-refractivity contribution in [2.75, 3.05) is 30.9 Å². The molecule has 1 heterocycles. The summed E-state index contributed by atoms with van der Waals surface area (Å²) >= 11 is 0. The molecule has 0 unspecified atom stereocenters. The zero-order valence-corrected chi connectivity index (χ0v) is 13.0. The monoisotopic (exact) mass is 298 g/mol. The Morgan fingerprint density at radius 1 is 1.18 bits per heavy atom. The van der Waals surface area contributed by atoms with E-state index >= 15 is 0 Å². The molecule has 1 aromatic heterocycles. The van der Waals surface area contributed by atoms with Gasteiger partial charge in [0.05, 0.1) is 5.69 Å². The lowest BCUT2D eigenvalue weighted by atomic mass is 10.1. The van der Waals surface area contributed by atoms with Crippen LogP contribution in [0.2, 0.25) is 1.41 Å². The van der Waals surface area contributed by atoms with Crippen molar-refractivity contribution in [3.8, 4) is 0 Å². The third-order valence-electron chi connectivity index (χ3n) is 3.01. The van der Waals surface area contributed by atoms with Gasteiger partial charge in [0, 0.05) is 12.7 Å². The van der Waals surface area contributed by atoms with Gasteiger partial charge < -0.3 is 14.9 Å². The van der Waals surface area contributed by atoms with Crippen LogP contribution in [0.3, 0.4) is 0 Å². The second-order valence-electron chi connectivity index (χ2n) is 4.69. The Balaban J connectivity index is 2.29. The largest absolute Gasteiger partial charge is 0.376 e. The Labute approximate surface area is 131 Å². The van der Waals surface area contributed by atoms with E-state index in [0.717, 1.165) is 5.69 Å². The molecular formula is C13H18BN8. The second-order valence-corrected chi connectivity index (χ2v) is 4.69. The van der Waals surface area contributed by atoms with Crippen LogP contribution in [0.4, 0.5) is 23.3 Å². The quantitative estimate of drug-likeness (QED) is 0.624. The van der Waals surface area contributed by atoms with Gasteiger partial charge in [-0.1, -0.05) is 0 Å². The highest BCUT2D eigenvalue weighted by Gasteiger charge is 2.13. The lowest BCUT2D eigenvalue weighted by Crippen LogP contribution is -2.34. The highest BCUT2D eigenvalue weighted by molar-refractivity contribution is 6.37. The predicted molar refractivity (Wildman–Crippen MR) is 87.1 cm³/mol. The summed E-state index contributed by atoms with van der Waals surface area (Å²) in [5.74, 6) is 1.72. The van der Waals surface area contributed by atoms with Crippen LogP contribution in [0.5, 0.6) is 0 Å². The van der Waals surface area contributed by atoms with Gasteiger partial charge in [-0.2, -0.15) is 20.1 Å². The average molecular weight is 298 g/mol. The number of hydrogen-bond donors (Lipinski definition) is 2. The zero-order chi connectivity index (χ0) is 16.8. The molecule has 0 aliphatic rings. The normalized spacial score (nSPS) is 11.4. The minimum Gasteiger partial charge on any atom is -0.376 e. The minimum absolute atomic E-state index is 0.540. The van der Waals surface area contributed by atoms with Gasteiger partial charge in [0.25, 0.3) is 0 Å². The molecule has 0 aliphatic carbocycles.